The van der Waals surface area contributed by atoms with Crippen molar-refractivity contribution in [3.8, 4) is 0 Å². The van der Waals surface area contributed by atoms with Crippen LogP contribution >= 0.6 is 11.6 Å². The average molecular weight is 544 g/mol. The van der Waals surface area contributed by atoms with E-state index in [2.05, 4.69) is 20.5 Å². The molecule has 0 aliphatic carbocycles. The van der Waals surface area contributed by atoms with Crippen LogP contribution in [0.5, 0.6) is 0 Å². The van der Waals surface area contributed by atoms with Gasteiger partial charge in [0.15, 0.2) is 5.82 Å². The molecule has 1 atom stereocenters. The van der Waals surface area contributed by atoms with E-state index < -0.39 is 45.8 Å². The van der Waals surface area contributed by atoms with E-state index in [0.717, 1.165) is 28.8 Å². The number of hydrogen-bond acceptors (Lipinski definition) is 5. The third-order valence-electron chi connectivity index (χ3n) is 6.55. The Kier molecular flexibility index (Phi) is 7.43. The van der Waals surface area contributed by atoms with Gasteiger partial charge in [0, 0.05) is 36.8 Å². The number of alkyl halides is 3. The summed E-state index contributed by atoms with van der Waals surface area (Å²) in [7, 11) is 0. The number of aromatic nitrogens is 3. The molecule has 3 N–H and O–H groups in total. The Morgan fingerprint density at radius 2 is 1.92 bits per heavy atom. The molecule has 1 aliphatic rings. The van der Waals surface area contributed by atoms with E-state index in [4.69, 9.17) is 11.6 Å². The molecule has 0 spiro atoms. The fraction of sp³-hybridized carbons (Fsp3) is 0.375. The number of anilines is 2. The monoisotopic (exact) mass is 543 g/mol. The lowest BCUT2D eigenvalue weighted by atomic mass is 9.74. The summed E-state index contributed by atoms with van der Waals surface area (Å²) in [5, 5.41) is 19.2. The number of halogens is 6. The highest BCUT2D eigenvalue weighted by molar-refractivity contribution is 6.30. The highest BCUT2D eigenvalue weighted by atomic mass is 35.5. The molecule has 0 amide bonds. The average Bonchev–Trinajstić information content (AvgIpc) is 3.23. The Balaban J connectivity index is 1.56. The molecular formula is C24H23ClF5N5O2. The van der Waals surface area contributed by atoms with Crippen LogP contribution in [0, 0.1) is 24.0 Å². The van der Waals surface area contributed by atoms with Crippen molar-refractivity contribution in [1.82, 2.24) is 20.1 Å². The van der Waals surface area contributed by atoms with Crippen molar-refractivity contribution in [2.45, 2.75) is 38.4 Å². The van der Waals surface area contributed by atoms with Crippen LogP contribution in [0.1, 0.15) is 35.8 Å². The van der Waals surface area contributed by atoms with Gasteiger partial charge in [0.1, 0.15) is 23.5 Å². The maximum absolute atomic E-state index is 14.6. The number of nitrogens with one attached hydrogen (secondary N) is 2. The van der Waals surface area contributed by atoms with Gasteiger partial charge in [-0.25, -0.2) is 13.8 Å². The number of likely N-dealkylation sites (tertiary alicyclic amines) is 1. The standard InChI is InChI=1S/C24H23ClF5N5O2/c1-13-11-19(34-33-13)32-18-6-5-16(26)17(31-18)12-23(22(36)37)7-9-35(10-8-23)21(24(28,29)30)14-3-2-4-15(25)20(14)27/h2-6,11,21H,7-10,12H2,1H3,(H,36,37)(H2,31,32,33,34). The second-order valence-corrected chi connectivity index (χ2v) is 9.48. The predicted molar refractivity (Wildman–Crippen MR) is 126 cm³/mol. The first-order valence-electron chi connectivity index (χ1n) is 11.3. The molecule has 0 saturated carbocycles. The van der Waals surface area contributed by atoms with Gasteiger partial charge in [-0.2, -0.15) is 18.3 Å². The molecule has 1 saturated heterocycles. The van der Waals surface area contributed by atoms with Crippen LogP contribution in [0.4, 0.5) is 33.6 Å². The fourth-order valence-corrected chi connectivity index (χ4v) is 4.78. The van der Waals surface area contributed by atoms with Gasteiger partial charge in [-0.15, -0.1) is 0 Å². The van der Waals surface area contributed by atoms with E-state index in [1.165, 1.54) is 12.1 Å². The van der Waals surface area contributed by atoms with Crippen molar-refractivity contribution in [2.24, 2.45) is 5.41 Å². The maximum Gasteiger partial charge on any atom is 0.408 e. The number of aryl methyl sites for hydroxylation is 1. The number of carboxylic acid groups (broad SMARTS) is 1. The molecule has 13 heteroatoms. The number of benzene rings is 1. The minimum Gasteiger partial charge on any atom is -0.481 e. The molecule has 4 rings (SSSR count). The fourth-order valence-electron chi connectivity index (χ4n) is 4.60. The molecule has 7 nitrogen and oxygen atoms in total. The number of aromatic amines is 1. The number of H-pyrrole nitrogens is 1. The summed E-state index contributed by atoms with van der Waals surface area (Å²) in [5.74, 6) is -2.53. The first-order chi connectivity index (χ1) is 17.4. The van der Waals surface area contributed by atoms with Crippen molar-refractivity contribution in [3.05, 3.63) is 70.0 Å². The normalized spacial score (nSPS) is 16.9. The van der Waals surface area contributed by atoms with Crippen LogP contribution in [-0.2, 0) is 11.2 Å². The molecule has 3 aromatic rings. The van der Waals surface area contributed by atoms with Gasteiger partial charge in [-0.1, -0.05) is 23.7 Å². The lowest BCUT2D eigenvalue weighted by molar-refractivity contribution is -0.194. The molecule has 1 aliphatic heterocycles. The van der Waals surface area contributed by atoms with E-state index in [0.29, 0.717) is 5.82 Å². The Labute approximate surface area is 213 Å². The second kappa shape index (κ2) is 10.3. The first kappa shape index (κ1) is 26.8. The van der Waals surface area contributed by atoms with Gasteiger partial charge >= 0.3 is 12.1 Å². The number of hydrogen-bond donors (Lipinski definition) is 3. The Morgan fingerprint density at radius 3 is 2.51 bits per heavy atom. The molecular weight excluding hydrogens is 521 g/mol. The largest absolute Gasteiger partial charge is 0.481 e. The summed E-state index contributed by atoms with van der Waals surface area (Å²) in [5.41, 5.74) is -1.56. The van der Waals surface area contributed by atoms with Crippen molar-refractivity contribution in [1.29, 1.82) is 0 Å². The Bertz CT molecular complexity index is 1290. The zero-order valence-corrected chi connectivity index (χ0v) is 20.3. The van der Waals surface area contributed by atoms with Gasteiger partial charge in [0.05, 0.1) is 16.1 Å². The summed E-state index contributed by atoms with van der Waals surface area (Å²) in [6, 6.07) is 5.28. The minimum absolute atomic E-state index is 0.138. The summed E-state index contributed by atoms with van der Waals surface area (Å²) in [6.45, 7) is 1.16. The number of rotatable bonds is 7. The maximum atomic E-state index is 14.6. The molecule has 1 fully saturated rings. The van der Waals surface area contributed by atoms with E-state index >= 15 is 0 Å². The van der Waals surface area contributed by atoms with Crippen molar-refractivity contribution >= 4 is 29.2 Å². The van der Waals surface area contributed by atoms with Gasteiger partial charge in [-0.3, -0.25) is 14.8 Å². The number of carboxylic acids is 1. The van der Waals surface area contributed by atoms with Gasteiger partial charge in [0.2, 0.25) is 0 Å². The second-order valence-electron chi connectivity index (χ2n) is 9.07. The Hall–Kier alpha value is -3.25. The van der Waals surface area contributed by atoms with Crippen molar-refractivity contribution in [3.63, 3.8) is 0 Å². The summed E-state index contributed by atoms with van der Waals surface area (Å²) in [6.07, 6.45) is -5.63. The van der Waals surface area contributed by atoms with Gasteiger partial charge < -0.3 is 10.4 Å². The third-order valence-corrected chi connectivity index (χ3v) is 6.84. The minimum atomic E-state index is -4.84. The zero-order chi connectivity index (χ0) is 27.0. The number of pyridine rings is 1. The number of carbonyl (C=O) groups is 1. The van der Waals surface area contributed by atoms with Crippen LogP contribution in [0.15, 0.2) is 36.4 Å². The highest BCUT2D eigenvalue weighted by Crippen LogP contribution is 2.44. The third kappa shape index (κ3) is 5.69. The summed E-state index contributed by atoms with van der Waals surface area (Å²) in [4.78, 5) is 17.5. The summed E-state index contributed by atoms with van der Waals surface area (Å²) < 4.78 is 71.3. The topological polar surface area (TPSA) is 94.1 Å². The van der Waals surface area contributed by atoms with E-state index in [9.17, 15) is 31.9 Å². The smallest absolute Gasteiger partial charge is 0.408 e. The lowest BCUT2D eigenvalue weighted by Crippen LogP contribution is -2.49. The molecule has 0 bridgehead atoms. The molecule has 2 aromatic heterocycles. The van der Waals surface area contributed by atoms with Crippen LogP contribution in [0.3, 0.4) is 0 Å². The van der Waals surface area contributed by atoms with E-state index in [1.54, 1.807) is 13.0 Å². The van der Waals surface area contributed by atoms with Crippen LogP contribution in [-0.4, -0.2) is 50.4 Å². The van der Waals surface area contributed by atoms with Crippen LogP contribution < -0.4 is 5.32 Å². The van der Waals surface area contributed by atoms with E-state index in [-0.39, 0.29) is 43.9 Å². The van der Waals surface area contributed by atoms with Gasteiger partial charge in [-0.05, 0) is 38.0 Å². The number of aliphatic carboxylic acids is 1. The zero-order valence-electron chi connectivity index (χ0n) is 19.5. The summed E-state index contributed by atoms with van der Waals surface area (Å²) >= 11 is 5.71. The molecule has 1 unspecified atom stereocenters. The lowest BCUT2D eigenvalue weighted by Gasteiger charge is -2.42. The number of piperidine rings is 1. The van der Waals surface area contributed by atoms with E-state index in [1.807, 2.05) is 0 Å². The van der Waals surface area contributed by atoms with Crippen LogP contribution in [0.2, 0.25) is 5.02 Å². The quantitative estimate of drug-likeness (QED) is 0.326. The first-order valence-corrected chi connectivity index (χ1v) is 11.7. The van der Waals surface area contributed by atoms with Crippen molar-refractivity contribution in [2.75, 3.05) is 18.4 Å². The molecule has 198 valence electrons. The molecule has 37 heavy (non-hydrogen) atoms. The van der Waals surface area contributed by atoms with Crippen molar-refractivity contribution < 1.29 is 31.9 Å². The number of nitrogens with zero attached hydrogens (tertiary/aromatic N) is 3. The molecule has 0 radical (unpaired) electrons. The SMILES string of the molecule is Cc1cc(Nc2ccc(F)c(CC3(C(=O)O)CCN(C(c4cccc(Cl)c4F)C(F)(F)F)CC3)n2)n[nH]1. The molecule has 1 aromatic carbocycles. The Morgan fingerprint density at radius 1 is 1.22 bits per heavy atom. The predicted octanol–water partition coefficient (Wildman–Crippen LogP) is 5.80. The molecule has 3 heterocycles. The van der Waals surface area contributed by atoms with Crippen LogP contribution in [0.25, 0.3) is 0 Å². The van der Waals surface area contributed by atoms with Gasteiger partial charge in [0.25, 0.3) is 0 Å². The highest BCUT2D eigenvalue weighted by Gasteiger charge is 2.50.